The van der Waals surface area contributed by atoms with Gasteiger partial charge in [-0.25, -0.2) is 0 Å². The van der Waals surface area contributed by atoms with Crippen molar-refractivity contribution >= 4 is 17.1 Å². The van der Waals surface area contributed by atoms with Crippen molar-refractivity contribution in [1.82, 2.24) is 4.98 Å². The van der Waals surface area contributed by atoms with E-state index in [0.717, 1.165) is 11.1 Å². The molecule has 0 aliphatic heterocycles. The molecule has 4 aromatic rings. The highest BCUT2D eigenvalue weighted by Crippen LogP contribution is 2.27. The zero-order chi connectivity index (χ0) is 19.3. The van der Waals surface area contributed by atoms with E-state index in [1.807, 2.05) is 48.5 Å². The van der Waals surface area contributed by atoms with Crippen LogP contribution in [0.25, 0.3) is 0 Å². The number of pyridine rings is 1. The van der Waals surface area contributed by atoms with Gasteiger partial charge in [0.05, 0.1) is 6.04 Å². The molecule has 2 N–H and O–H groups in total. The smallest absolute Gasteiger partial charge is 0.253 e. The summed E-state index contributed by atoms with van der Waals surface area (Å²) in [5, 5.41) is 6.34. The highest BCUT2D eigenvalue weighted by Gasteiger charge is 2.24. The van der Waals surface area contributed by atoms with Crippen LogP contribution in [0.1, 0.15) is 17.2 Å². The van der Waals surface area contributed by atoms with Gasteiger partial charge in [-0.05, 0) is 29.7 Å². The molecule has 0 radical (unpaired) electrons. The summed E-state index contributed by atoms with van der Waals surface area (Å²) in [6.45, 7) is 0. The van der Waals surface area contributed by atoms with Crippen LogP contribution in [0, 0.1) is 0 Å². The Morgan fingerprint density at radius 3 is 2.04 bits per heavy atom. The fourth-order valence-corrected chi connectivity index (χ4v) is 3.19. The van der Waals surface area contributed by atoms with Crippen LogP contribution in [0.2, 0.25) is 0 Å². The molecule has 1 aromatic heterocycles. The summed E-state index contributed by atoms with van der Waals surface area (Å²) in [7, 11) is 0. The Kier molecular flexibility index (Phi) is 4.97. The van der Waals surface area contributed by atoms with Crippen molar-refractivity contribution in [2.45, 2.75) is 12.5 Å². The molecular weight excluding hydrogens is 350 g/mol. The lowest BCUT2D eigenvalue weighted by Crippen LogP contribution is -2.37. The van der Waals surface area contributed by atoms with Crippen LogP contribution in [-0.2, 0) is 6.42 Å². The molecule has 0 spiro atoms. The number of nitrogens with one attached hydrogen (secondary N) is 2. The first-order valence-electron chi connectivity index (χ1n) is 9.08. The predicted octanol–water partition coefficient (Wildman–Crippen LogP) is 3.82. The summed E-state index contributed by atoms with van der Waals surface area (Å²) in [6.07, 6.45) is 3.95. The second-order valence-corrected chi connectivity index (χ2v) is 6.57. The normalized spacial score (nSPS) is 11.9. The van der Waals surface area contributed by atoms with Crippen LogP contribution < -0.4 is 21.5 Å². The minimum atomic E-state index is -0.508. The van der Waals surface area contributed by atoms with E-state index in [0.29, 0.717) is 23.5 Å². The fraction of sp³-hybridized carbons (Fsp3) is 0.0870. The largest absolute Gasteiger partial charge is 0.373 e. The summed E-state index contributed by atoms with van der Waals surface area (Å²) >= 11 is 0. The van der Waals surface area contributed by atoms with Gasteiger partial charge < -0.3 is 10.6 Å². The van der Waals surface area contributed by atoms with Crippen molar-refractivity contribution in [2.75, 3.05) is 10.6 Å². The van der Waals surface area contributed by atoms with Crippen LogP contribution in [0.5, 0.6) is 0 Å². The third kappa shape index (κ3) is 3.69. The average Bonchev–Trinajstić information content (AvgIpc) is 2.77. The Hall–Kier alpha value is -3.73. The molecule has 0 saturated heterocycles. The number of rotatable bonds is 7. The van der Waals surface area contributed by atoms with Gasteiger partial charge in [0, 0.05) is 18.1 Å². The van der Waals surface area contributed by atoms with E-state index in [1.54, 1.807) is 24.5 Å². The third-order valence-corrected chi connectivity index (χ3v) is 4.66. The first-order chi connectivity index (χ1) is 13.7. The Morgan fingerprint density at radius 2 is 1.36 bits per heavy atom. The molecule has 5 nitrogen and oxygen atoms in total. The molecule has 1 heterocycles. The van der Waals surface area contributed by atoms with E-state index >= 15 is 0 Å². The average molecular weight is 369 g/mol. The molecule has 0 bridgehead atoms. The highest BCUT2D eigenvalue weighted by molar-refractivity contribution is 5.79. The SMILES string of the molecule is O=c1c(Nc2ccncc2)c(NC(Cc2ccccc2)c2ccccc2)c1=O. The van der Waals surface area contributed by atoms with Crippen molar-refractivity contribution in [3.8, 4) is 0 Å². The summed E-state index contributed by atoms with van der Waals surface area (Å²) in [6, 6.07) is 23.3. The van der Waals surface area contributed by atoms with Gasteiger partial charge in [-0.15, -0.1) is 0 Å². The molecule has 3 aromatic carbocycles. The Labute approximate surface area is 162 Å². The molecule has 5 heteroatoms. The van der Waals surface area contributed by atoms with Gasteiger partial charge in [0.25, 0.3) is 10.9 Å². The maximum atomic E-state index is 12.3. The van der Waals surface area contributed by atoms with Gasteiger partial charge in [-0.2, -0.15) is 0 Å². The maximum Gasteiger partial charge on any atom is 0.253 e. The van der Waals surface area contributed by atoms with E-state index in [4.69, 9.17) is 0 Å². The fourth-order valence-electron chi connectivity index (χ4n) is 3.19. The second kappa shape index (κ2) is 7.88. The van der Waals surface area contributed by atoms with Crippen LogP contribution in [0.15, 0.2) is 94.8 Å². The zero-order valence-corrected chi connectivity index (χ0v) is 15.1. The van der Waals surface area contributed by atoms with Crippen molar-refractivity contribution in [1.29, 1.82) is 0 Å². The number of anilines is 3. The van der Waals surface area contributed by atoms with E-state index in [1.165, 1.54) is 0 Å². The summed E-state index contributed by atoms with van der Waals surface area (Å²) in [5.74, 6) is 0. The van der Waals surface area contributed by atoms with Gasteiger partial charge >= 0.3 is 0 Å². The quantitative estimate of drug-likeness (QED) is 0.485. The number of hydrogen-bond acceptors (Lipinski definition) is 5. The van der Waals surface area contributed by atoms with Crippen molar-refractivity contribution in [3.63, 3.8) is 0 Å². The monoisotopic (exact) mass is 369 g/mol. The van der Waals surface area contributed by atoms with Crippen molar-refractivity contribution in [3.05, 3.63) is 117 Å². The molecule has 28 heavy (non-hydrogen) atoms. The summed E-state index contributed by atoms with van der Waals surface area (Å²) < 4.78 is 0. The molecule has 0 saturated carbocycles. The molecule has 0 amide bonds. The Balaban J connectivity index is 1.63. The lowest BCUT2D eigenvalue weighted by molar-refractivity contribution is 0.773. The Bertz CT molecular complexity index is 1120. The first-order valence-corrected chi connectivity index (χ1v) is 9.08. The lowest BCUT2D eigenvalue weighted by Gasteiger charge is -2.23. The number of hydrogen-bond donors (Lipinski definition) is 2. The van der Waals surface area contributed by atoms with E-state index in [-0.39, 0.29) is 6.04 Å². The van der Waals surface area contributed by atoms with E-state index in [9.17, 15) is 9.59 Å². The van der Waals surface area contributed by atoms with E-state index < -0.39 is 10.9 Å². The van der Waals surface area contributed by atoms with Gasteiger partial charge in [-0.3, -0.25) is 14.6 Å². The zero-order valence-electron chi connectivity index (χ0n) is 15.1. The van der Waals surface area contributed by atoms with E-state index in [2.05, 4.69) is 27.8 Å². The Morgan fingerprint density at radius 1 is 0.750 bits per heavy atom. The van der Waals surface area contributed by atoms with Gasteiger partial charge in [0.1, 0.15) is 11.4 Å². The minimum absolute atomic E-state index is 0.134. The molecule has 0 aliphatic carbocycles. The molecule has 0 aliphatic rings. The summed E-state index contributed by atoms with van der Waals surface area (Å²) in [4.78, 5) is 28.3. The minimum Gasteiger partial charge on any atom is -0.373 e. The molecule has 1 unspecified atom stereocenters. The maximum absolute atomic E-state index is 12.3. The molecule has 1 atom stereocenters. The van der Waals surface area contributed by atoms with Crippen molar-refractivity contribution in [2.24, 2.45) is 0 Å². The molecule has 138 valence electrons. The summed E-state index contributed by atoms with van der Waals surface area (Å²) in [5.41, 5.74) is 2.53. The van der Waals surface area contributed by atoms with Crippen LogP contribution >= 0.6 is 0 Å². The second-order valence-electron chi connectivity index (χ2n) is 6.57. The molecule has 0 fully saturated rings. The van der Waals surface area contributed by atoms with Crippen molar-refractivity contribution < 1.29 is 0 Å². The van der Waals surface area contributed by atoms with Crippen LogP contribution in [0.3, 0.4) is 0 Å². The van der Waals surface area contributed by atoms with Gasteiger partial charge in [-0.1, -0.05) is 60.7 Å². The highest BCUT2D eigenvalue weighted by atomic mass is 16.2. The number of aromatic nitrogens is 1. The van der Waals surface area contributed by atoms with Crippen LogP contribution in [0.4, 0.5) is 17.1 Å². The van der Waals surface area contributed by atoms with Gasteiger partial charge in [0.15, 0.2) is 0 Å². The lowest BCUT2D eigenvalue weighted by atomic mass is 9.98. The topological polar surface area (TPSA) is 71.1 Å². The third-order valence-electron chi connectivity index (χ3n) is 4.66. The molecular formula is C23H19N3O2. The standard InChI is InChI=1S/C23H19N3O2/c27-22-20(25-18-11-13-24-14-12-18)21(23(22)28)26-19(17-9-5-2-6-10-17)15-16-7-3-1-4-8-16/h1-14,19,26H,15H2,(H,24,25). The number of benzene rings is 2. The van der Waals surface area contributed by atoms with Gasteiger partial charge in [0.2, 0.25) is 0 Å². The van der Waals surface area contributed by atoms with Crippen LogP contribution in [-0.4, -0.2) is 4.98 Å². The molecule has 4 rings (SSSR count). The predicted molar refractivity (Wildman–Crippen MR) is 112 cm³/mol. The first kappa shape index (κ1) is 17.7. The number of nitrogens with zero attached hydrogens (tertiary/aromatic N) is 1.